The van der Waals surface area contributed by atoms with Gasteiger partial charge >= 0.3 is 0 Å². The largest absolute Gasteiger partial charge is 0.354 e. The van der Waals surface area contributed by atoms with Crippen LogP contribution in [-0.4, -0.2) is 50.4 Å². The number of halogens is 3. The molecule has 1 aromatic carbocycles. The maximum absolute atomic E-state index is 13.4. The lowest BCUT2D eigenvalue weighted by Gasteiger charge is -2.23. The molecule has 2 fully saturated rings. The zero-order valence-corrected chi connectivity index (χ0v) is 15.3. The third kappa shape index (κ3) is 4.90. The molecule has 1 unspecified atom stereocenters. The topological polar surface area (TPSA) is 61.8 Å². The van der Waals surface area contributed by atoms with Gasteiger partial charge in [-0.05, 0) is 42.9 Å². The predicted molar refractivity (Wildman–Crippen MR) is 93.0 cm³/mol. The monoisotopic (exact) mass is 389 g/mol. The maximum Gasteiger partial charge on any atom is 0.194 e. The number of hydrogen-bond acceptors (Lipinski definition) is 3. The van der Waals surface area contributed by atoms with Crippen molar-refractivity contribution < 1.29 is 21.6 Å². The molecule has 0 aromatic heterocycles. The van der Waals surface area contributed by atoms with E-state index in [0.717, 1.165) is 25.0 Å². The SMILES string of the molecule is CN(Cc1cc(F)c(F)c(F)c1)C(=NCC1CCS(=O)(=O)C1)NC1CC1. The van der Waals surface area contributed by atoms with Crippen molar-refractivity contribution in [1.29, 1.82) is 0 Å². The average Bonchev–Trinajstić information content (AvgIpc) is 3.31. The number of guanidine groups is 1. The summed E-state index contributed by atoms with van der Waals surface area (Å²) in [5, 5.41) is 3.26. The van der Waals surface area contributed by atoms with Gasteiger partial charge in [0.25, 0.3) is 0 Å². The molecule has 0 radical (unpaired) electrons. The van der Waals surface area contributed by atoms with Gasteiger partial charge in [-0.2, -0.15) is 0 Å². The van der Waals surface area contributed by atoms with Gasteiger partial charge < -0.3 is 10.2 Å². The van der Waals surface area contributed by atoms with E-state index in [1.54, 1.807) is 11.9 Å². The number of benzene rings is 1. The van der Waals surface area contributed by atoms with Crippen molar-refractivity contribution >= 4 is 15.8 Å². The molecule has 0 bridgehead atoms. The summed E-state index contributed by atoms with van der Waals surface area (Å²) in [5.74, 6) is -3.04. The summed E-state index contributed by atoms with van der Waals surface area (Å²) >= 11 is 0. The summed E-state index contributed by atoms with van der Waals surface area (Å²) in [7, 11) is -1.24. The van der Waals surface area contributed by atoms with E-state index in [2.05, 4.69) is 10.3 Å². The van der Waals surface area contributed by atoms with Crippen LogP contribution in [0.1, 0.15) is 24.8 Å². The van der Waals surface area contributed by atoms with Crippen LogP contribution in [0.4, 0.5) is 13.2 Å². The van der Waals surface area contributed by atoms with Gasteiger partial charge in [0.05, 0.1) is 11.5 Å². The lowest BCUT2D eigenvalue weighted by Crippen LogP contribution is -2.40. The van der Waals surface area contributed by atoms with Gasteiger partial charge in [0.15, 0.2) is 33.2 Å². The number of sulfone groups is 1. The zero-order chi connectivity index (χ0) is 18.9. The Morgan fingerprint density at radius 1 is 1.23 bits per heavy atom. The molecule has 0 amide bonds. The van der Waals surface area contributed by atoms with Crippen molar-refractivity contribution in [3.63, 3.8) is 0 Å². The highest BCUT2D eigenvalue weighted by atomic mass is 32.2. The van der Waals surface area contributed by atoms with Gasteiger partial charge in [-0.15, -0.1) is 0 Å². The molecular weight excluding hydrogens is 367 g/mol. The molecule has 2 aliphatic rings. The van der Waals surface area contributed by atoms with Gasteiger partial charge in [-0.25, -0.2) is 21.6 Å². The highest BCUT2D eigenvalue weighted by Gasteiger charge is 2.28. The van der Waals surface area contributed by atoms with E-state index in [1.165, 1.54) is 0 Å². The smallest absolute Gasteiger partial charge is 0.194 e. The minimum Gasteiger partial charge on any atom is -0.354 e. The van der Waals surface area contributed by atoms with Gasteiger partial charge in [0.1, 0.15) is 0 Å². The standard InChI is InChI=1S/C17H22F3N3O2S/c1-23(9-12-6-14(18)16(20)15(19)7-12)17(22-13-2-3-13)21-8-11-4-5-26(24,25)10-11/h6-7,11,13H,2-5,8-10H2,1H3,(H,21,22). The zero-order valence-electron chi connectivity index (χ0n) is 14.5. The minimum absolute atomic E-state index is 0.00915. The highest BCUT2D eigenvalue weighted by molar-refractivity contribution is 7.91. The van der Waals surface area contributed by atoms with Crippen molar-refractivity contribution in [1.82, 2.24) is 10.2 Å². The van der Waals surface area contributed by atoms with Crippen LogP contribution >= 0.6 is 0 Å². The summed E-state index contributed by atoms with van der Waals surface area (Å²) in [6.07, 6.45) is 2.63. The van der Waals surface area contributed by atoms with Crippen molar-refractivity contribution in [3.05, 3.63) is 35.1 Å². The molecule has 1 N–H and O–H groups in total. The van der Waals surface area contributed by atoms with Gasteiger partial charge in [0.2, 0.25) is 0 Å². The van der Waals surface area contributed by atoms with E-state index in [0.29, 0.717) is 25.0 Å². The van der Waals surface area contributed by atoms with Gasteiger partial charge in [0, 0.05) is 26.2 Å². The lowest BCUT2D eigenvalue weighted by atomic mass is 10.1. The average molecular weight is 389 g/mol. The molecule has 3 rings (SSSR count). The molecule has 0 spiro atoms. The van der Waals surface area contributed by atoms with Crippen LogP contribution in [0.5, 0.6) is 0 Å². The Bertz CT molecular complexity index is 786. The summed E-state index contributed by atoms with van der Waals surface area (Å²) in [5.41, 5.74) is 0.289. The third-order valence-corrected chi connectivity index (χ3v) is 6.40. The lowest BCUT2D eigenvalue weighted by molar-refractivity contribution is 0.433. The molecule has 1 saturated heterocycles. The first-order valence-electron chi connectivity index (χ1n) is 8.59. The Morgan fingerprint density at radius 3 is 2.42 bits per heavy atom. The molecule has 1 heterocycles. The van der Waals surface area contributed by atoms with E-state index in [-0.39, 0.29) is 29.5 Å². The molecule has 1 aromatic rings. The van der Waals surface area contributed by atoms with Crippen LogP contribution in [0.3, 0.4) is 0 Å². The molecule has 1 aliphatic heterocycles. The molecule has 1 aliphatic carbocycles. The van der Waals surface area contributed by atoms with E-state index >= 15 is 0 Å². The highest BCUT2D eigenvalue weighted by Crippen LogP contribution is 2.21. The van der Waals surface area contributed by atoms with Crippen molar-refractivity contribution in [3.8, 4) is 0 Å². The van der Waals surface area contributed by atoms with E-state index in [4.69, 9.17) is 0 Å². The van der Waals surface area contributed by atoms with E-state index in [1.807, 2.05) is 0 Å². The Kier molecular flexibility index (Phi) is 5.45. The predicted octanol–water partition coefficient (Wildman–Crippen LogP) is 2.08. The first kappa shape index (κ1) is 19.0. The Balaban J connectivity index is 1.69. The van der Waals surface area contributed by atoms with Crippen LogP contribution in [0.25, 0.3) is 0 Å². The summed E-state index contributed by atoms with van der Waals surface area (Å²) in [4.78, 5) is 6.22. The fourth-order valence-corrected chi connectivity index (χ4v) is 4.82. The van der Waals surface area contributed by atoms with Crippen molar-refractivity contribution in [2.45, 2.75) is 31.8 Å². The second-order valence-electron chi connectivity index (χ2n) is 7.08. The number of rotatable bonds is 5. The van der Waals surface area contributed by atoms with Crippen LogP contribution in [0.2, 0.25) is 0 Å². The summed E-state index contributed by atoms with van der Waals surface area (Å²) < 4.78 is 63.0. The first-order valence-corrected chi connectivity index (χ1v) is 10.4. The van der Waals surface area contributed by atoms with Gasteiger partial charge in [-0.1, -0.05) is 0 Å². The second kappa shape index (κ2) is 7.46. The third-order valence-electron chi connectivity index (χ3n) is 4.56. The maximum atomic E-state index is 13.4. The van der Waals surface area contributed by atoms with Crippen LogP contribution < -0.4 is 5.32 Å². The van der Waals surface area contributed by atoms with Crippen LogP contribution in [0, 0.1) is 23.4 Å². The summed E-state index contributed by atoms with van der Waals surface area (Å²) in [6.45, 7) is 0.528. The fourth-order valence-electron chi connectivity index (χ4n) is 2.97. The Labute approximate surface area is 151 Å². The molecule has 1 atom stereocenters. The molecule has 1 saturated carbocycles. The van der Waals surface area contributed by atoms with Crippen molar-refractivity contribution in [2.75, 3.05) is 25.1 Å². The van der Waals surface area contributed by atoms with Crippen molar-refractivity contribution in [2.24, 2.45) is 10.9 Å². The Morgan fingerprint density at radius 2 is 1.88 bits per heavy atom. The first-order chi connectivity index (χ1) is 12.2. The van der Waals surface area contributed by atoms with E-state index < -0.39 is 27.3 Å². The number of nitrogens with zero attached hydrogens (tertiary/aromatic N) is 2. The molecular formula is C17H22F3N3O2S. The van der Waals surface area contributed by atoms with Crippen LogP contribution in [0.15, 0.2) is 17.1 Å². The Hall–Kier alpha value is -1.77. The van der Waals surface area contributed by atoms with E-state index in [9.17, 15) is 21.6 Å². The number of aliphatic imine (C=N–C) groups is 1. The quantitative estimate of drug-likeness (QED) is 0.476. The minimum atomic E-state index is -2.96. The fraction of sp³-hybridized carbons (Fsp3) is 0.588. The summed E-state index contributed by atoms with van der Waals surface area (Å²) in [6, 6.07) is 2.24. The number of hydrogen-bond donors (Lipinski definition) is 1. The second-order valence-corrected chi connectivity index (χ2v) is 9.31. The molecule has 5 nitrogen and oxygen atoms in total. The number of nitrogens with one attached hydrogen (secondary N) is 1. The molecule has 9 heteroatoms. The molecule has 144 valence electrons. The molecule has 26 heavy (non-hydrogen) atoms. The normalized spacial score (nSPS) is 22.5. The van der Waals surface area contributed by atoms with Crippen LogP contribution in [-0.2, 0) is 16.4 Å². The van der Waals surface area contributed by atoms with Gasteiger partial charge in [-0.3, -0.25) is 4.99 Å².